The van der Waals surface area contributed by atoms with Gasteiger partial charge in [-0.15, -0.1) is 11.1 Å². The van der Waals surface area contributed by atoms with Crippen molar-refractivity contribution in [1.29, 1.82) is 0 Å². The van der Waals surface area contributed by atoms with Crippen molar-refractivity contribution in [3.8, 4) is 11.4 Å². The number of alkyl halides is 3. The summed E-state index contributed by atoms with van der Waals surface area (Å²) in [6.45, 7) is 0. The molecular formula is C47H39F3IrN3P2+2. The molecule has 2 aromatic heterocycles. The van der Waals surface area contributed by atoms with Crippen LogP contribution in [0.3, 0.4) is 0 Å². The Bertz CT molecular complexity index is 2050. The van der Waals surface area contributed by atoms with Crippen molar-refractivity contribution in [1.82, 2.24) is 15.2 Å². The summed E-state index contributed by atoms with van der Waals surface area (Å²) in [5.41, 5.74) is 2.11. The van der Waals surface area contributed by atoms with E-state index in [2.05, 4.69) is 173 Å². The minimum atomic E-state index is -4.46. The van der Waals surface area contributed by atoms with E-state index in [9.17, 15) is 13.2 Å². The Kier molecular flexibility index (Phi) is 16.5. The zero-order valence-electron chi connectivity index (χ0n) is 30.3. The van der Waals surface area contributed by atoms with Crippen LogP contribution in [-0.2, 0) is 38.6 Å². The van der Waals surface area contributed by atoms with Crippen LogP contribution in [0.4, 0.5) is 13.2 Å². The molecule has 0 spiro atoms. The first-order valence-corrected chi connectivity index (χ1v) is 21.2. The maximum Gasteiger partial charge on any atom is 3.00 e. The van der Waals surface area contributed by atoms with Crippen LogP contribution in [0.1, 0.15) is 16.8 Å². The fraction of sp³-hybridized carbons (Fsp3) is 0.0638. The molecule has 6 aromatic carbocycles. The number of aromatic nitrogens is 3. The molecule has 56 heavy (non-hydrogen) atoms. The Labute approximate surface area is 343 Å². The van der Waals surface area contributed by atoms with E-state index in [1.54, 1.807) is 18.2 Å². The second-order valence-corrected chi connectivity index (χ2v) is 17.3. The molecule has 2 heterocycles. The third-order valence-corrected chi connectivity index (χ3v) is 14.1. The predicted molar refractivity (Wildman–Crippen MR) is 225 cm³/mol. The van der Waals surface area contributed by atoms with Crippen LogP contribution >= 0.6 is 15.8 Å². The van der Waals surface area contributed by atoms with Gasteiger partial charge in [0.05, 0.1) is 49.4 Å². The first kappa shape index (κ1) is 42.1. The molecule has 9 heteroatoms. The Morgan fingerprint density at radius 1 is 0.500 bits per heavy atom. The summed E-state index contributed by atoms with van der Waals surface area (Å²) in [5.74, 6) is 0. The molecule has 0 N–H and O–H groups in total. The van der Waals surface area contributed by atoms with Crippen LogP contribution in [-0.4, -0.2) is 10.1 Å². The maximum atomic E-state index is 12.2. The average Bonchev–Trinajstić information content (AvgIpc) is 3.77. The number of rotatable bonds is 9. The fourth-order valence-corrected chi connectivity index (χ4v) is 10.9. The van der Waals surface area contributed by atoms with Crippen molar-refractivity contribution in [2.24, 2.45) is 0 Å². The maximum absolute atomic E-state index is 12.2. The summed E-state index contributed by atoms with van der Waals surface area (Å²) in [6, 6.07) is 72.6. The van der Waals surface area contributed by atoms with Gasteiger partial charge in [0.15, 0.2) is 0 Å². The van der Waals surface area contributed by atoms with Gasteiger partial charge in [-0.1, -0.05) is 84.6 Å². The summed E-state index contributed by atoms with van der Waals surface area (Å²) < 4.78 is 36.6. The number of hydrogen-bond acceptors (Lipinski definition) is 2. The predicted octanol–water partition coefficient (Wildman–Crippen LogP) is 9.82. The molecular weight excluding hydrogens is 918 g/mol. The van der Waals surface area contributed by atoms with Gasteiger partial charge in [-0.2, -0.15) is 73.8 Å². The molecule has 0 saturated carbocycles. The van der Waals surface area contributed by atoms with Crippen molar-refractivity contribution in [3.63, 3.8) is 0 Å². The fourth-order valence-electron chi connectivity index (χ4n) is 5.83. The second kappa shape index (κ2) is 21.9. The van der Waals surface area contributed by atoms with E-state index < -0.39 is 27.7 Å². The van der Waals surface area contributed by atoms with Gasteiger partial charge in [0.1, 0.15) is 5.69 Å². The van der Waals surface area contributed by atoms with Crippen LogP contribution in [0.25, 0.3) is 11.4 Å². The van der Waals surface area contributed by atoms with Gasteiger partial charge in [0, 0.05) is 11.9 Å². The molecule has 0 aliphatic heterocycles. The van der Waals surface area contributed by atoms with Crippen LogP contribution in [0.5, 0.6) is 0 Å². The van der Waals surface area contributed by atoms with E-state index in [0.29, 0.717) is 5.69 Å². The Morgan fingerprint density at radius 3 is 1.21 bits per heavy atom. The van der Waals surface area contributed by atoms with Crippen molar-refractivity contribution in [3.05, 3.63) is 229 Å². The van der Waals surface area contributed by atoms with Crippen molar-refractivity contribution in [2.75, 3.05) is 0 Å². The molecule has 0 bridgehead atoms. The van der Waals surface area contributed by atoms with Crippen LogP contribution in [0.2, 0.25) is 0 Å². The van der Waals surface area contributed by atoms with Gasteiger partial charge in [-0.05, 0) is 66.7 Å². The third kappa shape index (κ3) is 12.8. The zero-order chi connectivity index (χ0) is 38.1. The molecule has 0 fully saturated rings. The minimum Gasteiger partial charge on any atom is -0.573 e. The molecule has 0 radical (unpaired) electrons. The molecule has 280 valence electrons. The molecule has 0 unspecified atom stereocenters. The molecule has 0 aliphatic rings. The van der Waals surface area contributed by atoms with E-state index in [1.165, 1.54) is 38.5 Å². The summed E-state index contributed by atoms with van der Waals surface area (Å²) >= 11 is 0. The van der Waals surface area contributed by atoms with Gasteiger partial charge < -0.3 is 10.2 Å². The quantitative estimate of drug-likeness (QED) is 0.107. The molecule has 8 rings (SSSR count). The van der Waals surface area contributed by atoms with Crippen molar-refractivity contribution >= 4 is 37.1 Å². The zero-order valence-corrected chi connectivity index (χ0v) is 34.7. The van der Waals surface area contributed by atoms with Crippen LogP contribution in [0.15, 0.2) is 200 Å². The summed E-state index contributed by atoms with van der Waals surface area (Å²) in [6.07, 6.45) is -0.809. The first-order valence-electron chi connectivity index (χ1n) is 17.8. The van der Waals surface area contributed by atoms with E-state index in [1.807, 2.05) is 24.3 Å². The summed E-state index contributed by atoms with van der Waals surface area (Å²) in [7, 11) is -1.57. The van der Waals surface area contributed by atoms with Gasteiger partial charge in [0.25, 0.3) is 0 Å². The topological polar surface area (TPSA) is 39.9 Å². The van der Waals surface area contributed by atoms with E-state index >= 15 is 0 Å². The Hall–Kier alpha value is -5.02. The Balaban J connectivity index is 0.000000161. The Morgan fingerprint density at radius 2 is 0.893 bits per heavy atom. The van der Waals surface area contributed by atoms with Gasteiger partial charge >= 0.3 is 26.3 Å². The van der Waals surface area contributed by atoms with Crippen molar-refractivity contribution in [2.45, 2.75) is 18.5 Å². The number of halogens is 3. The largest absolute Gasteiger partial charge is 3.00 e. The van der Waals surface area contributed by atoms with Crippen LogP contribution in [0, 0.1) is 12.1 Å². The molecule has 3 nitrogen and oxygen atoms in total. The smallest absolute Gasteiger partial charge is 0.573 e. The second-order valence-electron chi connectivity index (χ2n) is 12.4. The van der Waals surface area contributed by atoms with Crippen LogP contribution < -0.4 is 26.3 Å². The molecule has 8 aromatic rings. The summed E-state index contributed by atoms with van der Waals surface area (Å²) in [5, 5.41) is 12.3. The van der Waals surface area contributed by atoms with E-state index in [-0.39, 0.29) is 25.8 Å². The first-order chi connectivity index (χ1) is 26.9. The number of hydrogen-bond donors (Lipinski definition) is 0. The van der Waals surface area contributed by atoms with Gasteiger partial charge in [-0.25, -0.2) is 0 Å². The van der Waals surface area contributed by atoms with Crippen molar-refractivity contribution < 1.29 is 33.3 Å². The normalized spacial score (nSPS) is 10.7. The standard InChI is InChI=1S/2C19H16P.C9H5F3N3.Ir/c2*1-4-10-17(11-5-1)16-20(18-12-6-2-7-13-18)19-14-8-3-9-15-19;10-9(11,12)8-5-7(14-15-8)6-3-1-2-4-13-6;/h2*1-10,12-15H,16H2;1-5H;/q3*-1;+3/p+2. The monoisotopic (exact) mass is 957 g/mol. The SMILES string of the molecule is FC(F)(F)c1cc(-c2ccccn2)[n-]n1.[Ir+3].[c-]1ccccc1C[PH+](c1ccccc1)c1ccccc1.[c-]1ccccc1C[PH+](c1ccccc1)c1ccccc1. The molecule has 0 amide bonds. The van der Waals surface area contributed by atoms with Gasteiger partial charge in [-0.3, -0.25) is 4.98 Å². The van der Waals surface area contributed by atoms with E-state index in [0.717, 1.165) is 18.4 Å². The average molecular weight is 957 g/mol. The molecule has 0 atom stereocenters. The molecule has 0 saturated heterocycles. The number of nitrogens with zero attached hydrogens (tertiary/aromatic N) is 3. The summed E-state index contributed by atoms with van der Waals surface area (Å²) in [4.78, 5) is 3.87. The minimum absolute atomic E-state index is 0. The number of benzene rings is 6. The third-order valence-electron chi connectivity index (χ3n) is 8.53. The van der Waals surface area contributed by atoms with Gasteiger partial charge in [0.2, 0.25) is 0 Å². The number of pyridine rings is 1. The molecule has 0 aliphatic carbocycles. The van der Waals surface area contributed by atoms with E-state index in [4.69, 9.17) is 0 Å².